The van der Waals surface area contributed by atoms with E-state index in [4.69, 9.17) is 16.9 Å². The lowest BCUT2D eigenvalue weighted by molar-refractivity contribution is -0.302. The van der Waals surface area contributed by atoms with Crippen molar-refractivity contribution in [2.45, 2.75) is 24.7 Å². The number of aliphatic hydroxyl groups is 1. The van der Waals surface area contributed by atoms with Gasteiger partial charge in [-0.2, -0.15) is 28.5 Å². The standard InChI is InChI=1S/C13H9ClF3N3O2/c14-9-3-1-8(2-4-9)10-7-12(22,13(15,16)17)20(19-10)11(21)5-6-18/h1-4,22H,5,7H2/t12-/m1/s1. The van der Waals surface area contributed by atoms with Crippen LogP contribution in [0.15, 0.2) is 29.4 Å². The molecular weight excluding hydrogens is 323 g/mol. The van der Waals surface area contributed by atoms with Crippen LogP contribution in [-0.2, 0) is 4.79 Å². The second-order valence-corrected chi connectivity index (χ2v) is 5.02. The molecule has 22 heavy (non-hydrogen) atoms. The highest BCUT2D eigenvalue weighted by Crippen LogP contribution is 2.41. The Kier molecular flexibility index (Phi) is 4.13. The zero-order valence-electron chi connectivity index (χ0n) is 10.9. The molecule has 0 radical (unpaired) electrons. The highest BCUT2D eigenvalue weighted by Gasteiger charge is 2.63. The maximum absolute atomic E-state index is 13.1. The molecule has 0 saturated carbocycles. The highest BCUT2D eigenvalue weighted by molar-refractivity contribution is 6.30. The normalized spacial score (nSPS) is 21.5. The van der Waals surface area contributed by atoms with Gasteiger partial charge in [-0.15, -0.1) is 0 Å². The van der Waals surface area contributed by atoms with E-state index in [1.165, 1.54) is 30.3 Å². The van der Waals surface area contributed by atoms with Crippen molar-refractivity contribution in [3.63, 3.8) is 0 Å². The molecule has 0 aromatic heterocycles. The van der Waals surface area contributed by atoms with E-state index in [0.29, 0.717) is 10.6 Å². The van der Waals surface area contributed by atoms with Gasteiger partial charge in [0.15, 0.2) is 0 Å². The summed E-state index contributed by atoms with van der Waals surface area (Å²) in [6.07, 6.45) is -6.86. The summed E-state index contributed by atoms with van der Waals surface area (Å²) in [6, 6.07) is 7.19. The van der Waals surface area contributed by atoms with Gasteiger partial charge in [0.2, 0.25) is 0 Å². The monoisotopic (exact) mass is 331 g/mol. The molecular formula is C13H9ClF3N3O2. The first kappa shape index (κ1) is 16.3. The van der Waals surface area contributed by atoms with E-state index >= 15 is 0 Å². The number of rotatable bonds is 2. The van der Waals surface area contributed by atoms with Crippen LogP contribution in [0.25, 0.3) is 0 Å². The van der Waals surface area contributed by atoms with Crippen molar-refractivity contribution in [1.29, 1.82) is 5.26 Å². The number of benzene rings is 1. The number of hydrogen-bond acceptors (Lipinski definition) is 4. The van der Waals surface area contributed by atoms with Crippen LogP contribution in [0, 0.1) is 11.3 Å². The number of nitrogens with zero attached hydrogens (tertiary/aromatic N) is 3. The maximum atomic E-state index is 13.1. The van der Waals surface area contributed by atoms with Crippen molar-refractivity contribution in [2.24, 2.45) is 5.10 Å². The first-order chi connectivity index (χ1) is 10.2. The molecule has 1 amide bonds. The third-order valence-electron chi connectivity index (χ3n) is 3.08. The lowest BCUT2D eigenvalue weighted by atomic mass is 10.0. The van der Waals surface area contributed by atoms with Crippen LogP contribution in [0.5, 0.6) is 0 Å². The van der Waals surface area contributed by atoms with Crippen molar-refractivity contribution in [2.75, 3.05) is 0 Å². The fourth-order valence-corrected chi connectivity index (χ4v) is 2.10. The topological polar surface area (TPSA) is 76.7 Å². The second kappa shape index (κ2) is 5.59. The lowest BCUT2D eigenvalue weighted by Crippen LogP contribution is -2.56. The van der Waals surface area contributed by atoms with E-state index in [1.54, 1.807) is 0 Å². The van der Waals surface area contributed by atoms with Crippen LogP contribution in [0.4, 0.5) is 13.2 Å². The summed E-state index contributed by atoms with van der Waals surface area (Å²) in [5, 5.41) is 22.2. The number of carbonyl (C=O) groups excluding carboxylic acids is 1. The van der Waals surface area contributed by atoms with Crippen LogP contribution < -0.4 is 0 Å². The minimum atomic E-state index is -5.12. The summed E-state index contributed by atoms with van der Waals surface area (Å²) in [5.74, 6) is -1.23. The van der Waals surface area contributed by atoms with Crippen molar-refractivity contribution in [3.05, 3.63) is 34.9 Å². The van der Waals surface area contributed by atoms with Crippen molar-refractivity contribution in [1.82, 2.24) is 5.01 Å². The summed E-state index contributed by atoms with van der Waals surface area (Å²) in [4.78, 5) is 11.7. The van der Waals surface area contributed by atoms with Gasteiger partial charge in [0.1, 0.15) is 6.42 Å². The average molecular weight is 332 g/mol. The number of halogens is 4. The first-order valence-corrected chi connectivity index (χ1v) is 6.39. The summed E-state index contributed by atoms with van der Waals surface area (Å²) >= 11 is 5.70. The predicted octanol–water partition coefficient (Wildman–Crippen LogP) is 2.44. The molecule has 0 saturated heterocycles. The number of nitriles is 1. The Hall–Kier alpha value is -2.11. The molecule has 1 N–H and O–H groups in total. The van der Waals surface area contributed by atoms with Gasteiger partial charge in [0.25, 0.3) is 11.6 Å². The van der Waals surface area contributed by atoms with Crippen LogP contribution in [0.1, 0.15) is 18.4 Å². The summed E-state index contributed by atoms with van der Waals surface area (Å²) < 4.78 is 39.4. The van der Waals surface area contributed by atoms with Crippen molar-refractivity contribution in [3.8, 4) is 6.07 Å². The zero-order valence-corrected chi connectivity index (χ0v) is 11.7. The quantitative estimate of drug-likeness (QED) is 0.904. The largest absolute Gasteiger partial charge is 0.438 e. The van der Waals surface area contributed by atoms with Gasteiger partial charge in [-0.3, -0.25) is 4.79 Å². The Morgan fingerprint density at radius 3 is 2.55 bits per heavy atom. The van der Waals surface area contributed by atoms with Crippen LogP contribution in [0.3, 0.4) is 0 Å². The van der Waals surface area contributed by atoms with E-state index in [1.807, 2.05) is 0 Å². The van der Waals surface area contributed by atoms with Gasteiger partial charge in [-0.05, 0) is 17.7 Å². The van der Waals surface area contributed by atoms with Gasteiger partial charge in [0.05, 0.1) is 18.2 Å². The molecule has 1 aliphatic rings. The first-order valence-electron chi connectivity index (χ1n) is 6.01. The van der Waals surface area contributed by atoms with Gasteiger partial charge in [0, 0.05) is 5.02 Å². The molecule has 9 heteroatoms. The molecule has 0 unspecified atom stereocenters. The molecule has 5 nitrogen and oxygen atoms in total. The molecule has 1 aromatic carbocycles. The molecule has 1 aliphatic heterocycles. The fourth-order valence-electron chi connectivity index (χ4n) is 1.97. The van der Waals surface area contributed by atoms with E-state index in [0.717, 1.165) is 0 Å². The van der Waals surface area contributed by atoms with Gasteiger partial charge >= 0.3 is 6.18 Å². The summed E-state index contributed by atoms with van der Waals surface area (Å²) in [6.45, 7) is 0. The maximum Gasteiger partial charge on any atom is 0.438 e. The van der Waals surface area contributed by atoms with Crippen LogP contribution >= 0.6 is 11.6 Å². The summed E-state index contributed by atoms with van der Waals surface area (Å²) in [5.41, 5.74) is -3.29. The number of hydrogen-bond donors (Lipinski definition) is 1. The zero-order chi connectivity index (χ0) is 16.5. The minimum Gasteiger partial charge on any atom is -0.362 e. The Morgan fingerprint density at radius 1 is 1.45 bits per heavy atom. The van der Waals surface area contributed by atoms with E-state index in [9.17, 15) is 23.1 Å². The predicted molar refractivity (Wildman–Crippen MR) is 70.7 cm³/mol. The molecule has 0 bridgehead atoms. The molecule has 1 heterocycles. The van der Waals surface area contributed by atoms with Gasteiger partial charge < -0.3 is 5.11 Å². The number of alkyl halides is 3. The molecule has 2 rings (SSSR count). The Bertz CT molecular complexity index is 667. The molecule has 1 atom stereocenters. The van der Waals surface area contributed by atoms with Crippen LogP contribution in [0.2, 0.25) is 5.02 Å². The number of carbonyl (C=O) groups is 1. The average Bonchev–Trinajstić information content (AvgIpc) is 2.79. The SMILES string of the molecule is N#CCC(=O)N1N=C(c2ccc(Cl)cc2)C[C@@]1(O)C(F)(F)F. The third kappa shape index (κ3) is 2.77. The highest BCUT2D eigenvalue weighted by atomic mass is 35.5. The second-order valence-electron chi connectivity index (χ2n) is 4.59. The Labute approximate surface area is 128 Å². The third-order valence-corrected chi connectivity index (χ3v) is 3.33. The van der Waals surface area contributed by atoms with Gasteiger partial charge in [-0.25, -0.2) is 0 Å². The smallest absolute Gasteiger partial charge is 0.362 e. The summed E-state index contributed by atoms with van der Waals surface area (Å²) in [7, 11) is 0. The minimum absolute atomic E-state index is 0.0693. The Morgan fingerprint density at radius 2 is 2.05 bits per heavy atom. The lowest BCUT2D eigenvalue weighted by Gasteiger charge is -2.32. The van der Waals surface area contributed by atoms with Crippen LogP contribution in [-0.4, -0.2) is 33.6 Å². The molecule has 116 valence electrons. The van der Waals surface area contributed by atoms with E-state index < -0.39 is 30.7 Å². The van der Waals surface area contributed by atoms with Crippen molar-refractivity contribution >= 4 is 23.2 Å². The number of amides is 1. The van der Waals surface area contributed by atoms with E-state index in [-0.39, 0.29) is 10.7 Å². The Balaban J connectivity index is 2.43. The molecule has 0 spiro atoms. The number of hydrazone groups is 1. The fraction of sp³-hybridized carbons (Fsp3) is 0.308. The van der Waals surface area contributed by atoms with Crippen molar-refractivity contribution < 1.29 is 23.1 Å². The molecule has 1 aromatic rings. The van der Waals surface area contributed by atoms with Gasteiger partial charge in [-0.1, -0.05) is 23.7 Å². The molecule has 0 fully saturated rings. The van der Waals surface area contributed by atoms with E-state index in [2.05, 4.69) is 5.10 Å². The molecule has 0 aliphatic carbocycles.